The summed E-state index contributed by atoms with van der Waals surface area (Å²) in [6.45, 7) is 2.88. The summed E-state index contributed by atoms with van der Waals surface area (Å²) in [6, 6.07) is 17.3. The number of aryl methyl sites for hydroxylation is 2. The van der Waals surface area contributed by atoms with Crippen molar-refractivity contribution in [2.75, 3.05) is 13.6 Å². The molecule has 0 unspecified atom stereocenters. The van der Waals surface area contributed by atoms with Gasteiger partial charge >= 0.3 is 0 Å². The van der Waals surface area contributed by atoms with E-state index in [4.69, 9.17) is 5.10 Å². The standard InChI is InChI=1S/C22H24FN3/c1-25-15-13-21-20(16-25)22(18-9-11-19(23)12-10-18)24-26(21)14-5-8-17-6-3-2-4-7-17/h2-4,6-7,9-12H,5,8,13-16H2,1H3. The topological polar surface area (TPSA) is 21.1 Å². The van der Waals surface area contributed by atoms with Gasteiger partial charge in [-0.05, 0) is 49.7 Å². The minimum atomic E-state index is -0.206. The zero-order chi connectivity index (χ0) is 17.9. The first-order valence-electron chi connectivity index (χ1n) is 9.27. The summed E-state index contributed by atoms with van der Waals surface area (Å²) in [5.41, 5.74) is 6.01. The number of aromatic nitrogens is 2. The molecule has 0 amide bonds. The van der Waals surface area contributed by atoms with Gasteiger partial charge < -0.3 is 4.90 Å². The molecule has 2 aromatic carbocycles. The van der Waals surface area contributed by atoms with E-state index in [9.17, 15) is 4.39 Å². The van der Waals surface area contributed by atoms with E-state index in [1.165, 1.54) is 29.0 Å². The summed E-state index contributed by atoms with van der Waals surface area (Å²) in [4.78, 5) is 2.32. The molecule has 26 heavy (non-hydrogen) atoms. The number of halogens is 1. The van der Waals surface area contributed by atoms with Crippen LogP contribution in [0.25, 0.3) is 11.3 Å². The minimum absolute atomic E-state index is 0.206. The minimum Gasteiger partial charge on any atom is -0.302 e. The average Bonchev–Trinajstić information content (AvgIpc) is 3.01. The first-order valence-corrected chi connectivity index (χ1v) is 9.27. The second kappa shape index (κ2) is 7.42. The zero-order valence-corrected chi connectivity index (χ0v) is 15.2. The largest absolute Gasteiger partial charge is 0.302 e. The number of rotatable bonds is 5. The van der Waals surface area contributed by atoms with Crippen molar-refractivity contribution >= 4 is 0 Å². The molecular weight excluding hydrogens is 325 g/mol. The molecule has 2 heterocycles. The molecule has 4 heteroatoms. The molecule has 0 aliphatic carbocycles. The Kier molecular flexibility index (Phi) is 4.85. The van der Waals surface area contributed by atoms with Gasteiger partial charge in [-0.15, -0.1) is 0 Å². The summed E-state index contributed by atoms with van der Waals surface area (Å²) in [5.74, 6) is -0.206. The van der Waals surface area contributed by atoms with E-state index in [0.717, 1.165) is 50.2 Å². The van der Waals surface area contributed by atoms with E-state index in [2.05, 4.69) is 47.0 Å². The number of hydrogen-bond acceptors (Lipinski definition) is 2. The third-order valence-corrected chi connectivity index (χ3v) is 5.12. The molecule has 0 radical (unpaired) electrons. The maximum Gasteiger partial charge on any atom is 0.123 e. The molecule has 0 fully saturated rings. The molecule has 0 atom stereocenters. The van der Waals surface area contributed by atoms with Crippen molar-refractivity contribution < 1.29 is 4.39 Å². The Bertz CT molecular complexity index is 868. The molecule has 1 aliphatic heterocycles. The number of benzene rings is 2. The third kappa shape index (κ3) is 3.56. The van der Waals surface area contributed by atoms with Crippen molar-refractivity contribution in [3.05, 3.63) is 77.2 Å². The fourth-order valence-electron chi connectivity index (χ4n) is 3.73. The Morgan fingerprint density at radius 2 is 1.81 bits per heavy atom. The molecular formula is C22H24FN3. The van der Waals surface area contributed by atoms with Crippen molar-refractivity contribution in [1.82, 2.24) is 14.7 Å². The van der Waals surface area contributed by atoms with Gasteiger partial charge in [0.1, 0.15) is 5.82 Å². The SMILES string of the molecule is CN1CCc2c(c(-c3ccc(F)cc3)nn2CCCc2ccccc2)C1. The van der Waals surface area contributed by atoms with E-state index in [0.29, 0.717) is 0 Å². The predicted octanol–water partition coefficient (Wildman–Crippen LogP) is 4.31. The first-order chi connectivity index (χ1) is 12.7. The van der Waals surface area contributed by atoms with Crippen LogP contribution in [0.2, 0.25) is 0 Å². The predicted molar refractivity (Wildman–Crippen MR) is 102 cm³/mol. The molecule has 0 saturated carbocycles. The van der Waals surface area contributed by atoms with Crippen molar-refractivity contribution in [2.45, 2.75) is 32.4 Å². The Morgan fingerprint density at radius 3 is 2.58 bits per heavy atom. The molecule has 0 N–H and O–H groups in total. The fraction of sp³-hybridized carbons (Fsp3) is 0.318. The Labute approximate surface area is 154 Å². The van der Waals surface area contributed by atoms with Gasteiger partial charge in [0.2, 0.25) is 0 Å². The maximum atomic E-state index is 13.3. The van der Waals surface area contributed by atoms with E-state index in [1.54, 1.807) is 0 Å². The van der Waals surface area contributed by atoms with Crippen molar-refractivity contribution in [3.63, 3.8) is 0 Å². The summed E-state index contributed by atoms with van der Waals surface area (Å²) in [6.07, 6.45) is 3.14. The van der Waals surface area contributed by atoms with Crippen LogP contribution < -0.4 is 0 Å². The highest BCUT2D eigenvalue weighted by atomic mass is 19.1. The molecule has 0 bridgehead atoms. The molecule has 0 saturated heterocycles. The van der Waals surface area contributed by atoms with Gasteiger partial charge in [-0.25, -0.2) is 4.39 Å². The summed E-state index contributed by atoms with van der Waals surface area (Å²) in [5, 5.41) is 4.92. The van der Waals surface area contributed by atoms with Gasteiger partial charge in [0.05, 0.1) is 5.69 Å². The van der Waals surface area contributed by atoms with Gasteiger partial charge in [0, 0.05) is 42.9 Å². The van der Waals surface area contributed by atoms with Gasteiger partial charge in [-0.2, -0.15) is 5.10 Å². The van der Waals surface area contributed by atoms with Crippen LogP contribution in [0.4, 0.5) is 4.39 Å². The molecule has 4 rings (SSSR count). The lowest BCUT2D eigenvalue weighted by atomic mass is 10.0. The second-order valence-electron chi connectivity index (χ2n) is 7.08. The Morgan fingerprint density at radius 1 is 1.04 bits per heavy atom. The highest BCUT2D eigenvalue weighted by Crippen LogP contribution is 2.30. The Hall–Kier alpha value is -2.46. The van der Waals surface area contributed by atoms with Crippen molar-refractivity contribution in [3.8, 4) is 11.3 Å². The Balaban J connectivity index is 1.58. The monoisotopic (exact) mass is 349 g/mol. The number of hydrogen-bond donors (Lipinski definition) is 0. The van der Waals surface area contributed by atoms with Crippen LogP contribution >= 0.6 is 0 Å². The summed E-state index contributed by atoms with van der Waals surface area (Å²) < 4.78 is 15.5. The smallest absolute Gasteiger partial charge is 0.123 e. The molecule has 134 valence electrons. The van der Waals surface area contributed by atoms with E-state index in [1.807, 2.05) is 12.1 Å². The lowest BCUT2D eigenvalue weighted by Gasteiger charge is -2.23. The van der Waals surface area contributed by atoms with Crippen LogP contribution in [0, 0.1) is 5.82 Å². The van der Waals surface area contributed by atoms with Gasteiger partial charge in [-0.3, -0.25) is 4.68 Å². The normalized spacial score (nSPS) is 14.4. The quantitative estimate of drug-likeness (QED) is 0.684. The van der Waals surface area contributed by atoms with Gasteiger partial charge in [0.25, 0.3) is 0 Å². The van der Waals surface area contributed by atoms with Crippen LogP contribution in [-0.4, -0.2) is 28.3 Å². The average molecular weight is 349 g/mol. The first kappa shape index (κ1) is 17.0. The molecule has 3 aromatic rings. The highest BCUT2D eigenvalue weighted by Gasteiger charge is 2.23. The molecule has 3 nitrogen and oxygen atoms in total. The maximum absolute atomic E-state index is 13.3. The fourth-order valence-corrected chi connectivity index (χ4v) is 3.73. The van der Waals surface area contributed by atoms with E-state index in [-0.39, 0.29) is 5.82 Å². The second-order valence-corrected chi connectivity index (χ2v) is 7.08. The lowest BCUT2D eigenvalue weighted by molar-refractivity contribution is 0.307. The summed E-state index contributed by atoms with van der Waals surface area (Å²) in [7, 11) is 2.14. The van der Waals surface area contributed by atoms with E-state index < -0.39 is 0 Å². The van der Waals surface area contributed by atoms with Crippen LogP contribution in [0.5, 0.6) is 0 Å². The highest BCUT2D eigenvalue weighted by molar-refractivity contribution is 5.64. The summed E-state index contributed by atoms with van der Waals surface area (Å²) >= 11 is 0. The number of nitrogens with zero attached hydrogens (tertiary/aromatic N) is 3. The van der Waals surface area contributed by atoms with Gasteiger partial charge in [0.15, 0.2) is 0 Å². The molecule has 0 spiro atoms. The van der Waals surface area contributed by atoms with Crippen LogP contribution in [0.1, 0.15) is 23.2 Å². The number of fused-ring (bicyclic) bond motifs is 1. The third-order valence-electron chi connectivity index (χ3n) is 5.12. The van der Waals surface area contributed by atoms with Crippen LogP contribution in [0.3, 0.4) is 0 Å². The molecule has 1 aromatic heterocycles. The zero-order valence-electron chi connectivity index (χ0n) is 15.2. The van der Waals surface area contributed by atoms with Crippen LogP contribution in [-0.2, 0) is 25.9 Å². The van der Waals surface area contributed by atoms with E-state index >= 15 is 0 Å². The van der Waals surface area contributed by atoms with Crippen molar-refractivity contribution in [2.24, 2.45) is 0 Å². The number of likely N-dealkylation sites (N-methyl/N-ethyl adjacent to an activating group) is 1. The molecule has 1 aliphatic rings. The lowest BCUT2D eigenvalue weighted by Crippen LogP contribution is -2.27. The van der Waals surface area contributed by atoms with Crippen LogP contribution in [0.15, 0.2) is 54.6 Å². The van der Waals surface area contributed by atoms with Crippen molar-refractivity contribution in [1.29, 1.82) is 0 Å². The van der Waals surface area contributed by atoms with Gasteiger partial charge in [-0.1, -0.05) is 30.3 Å².